The summed E-state index contributed by atoms with van der Waals surface area (Å²) in [6.45, 7) is 7.97. The van der Waals surface area contributed by atoms with E-state index in [9.17, 15) is 0 Å². The van der Waals surface area contributed by atoms with Crippen molar-refractivity contribution in [2.45, 2.75) is 26.3 Å². The van der Waals surface area contributed by atoms with Gasteiger partial charge in [-0.15, -0.1) is 19.0 Å². The van der Waals surface area contributed by atoms with Gasteiger partial charge in [0.2, 0.25) is 0 Å². The second-order valence-electron chi connectivity index (χ2n) is 3.77. The maximum absolute atomic E-state index is 6.08. The van der Waals surface area contributed by atoms with E-state index in [1.807, 2.05) is 13.0 Å². The van der Waals surface area contributed by atoms with Crippen molar-refractivity contribution in [2.24, 2.45) is 5.73 Å². The van der Waals surface area contributed by atoms with Gasteiger partial charge in [0, 0.05) is 10.5 Å². The lowest BCUT2D eigenvalue weighted by Crippen LogP contribution is -2.11. The molecule has 15 heavy (non-hydrogen) atoms. The molecule has 0 bridgehead atoms. The fraction of sp³-hybridized carbons (Fsp3) is 0.333. The summed E-state index contributed by atoms with van der Waals surface area (Å²) in [4.78, 5) is 0. The topological polar surface area (TPSA) is 26.0 Å². The third-order valence-electron chi connectivity index (χ3n) is 2.21. The Bertz CT molecular complexity index is 349. The molecule has 1 nitrogen and oxygen atoms in total. The van der Waals surface area contributed by atoms with Crippen LogP contribution in [-0.2, 0) is 0 Å². The van der Waals surface area contributed by atoms with Crippen LogP contribution in [0.3, 0.4) is 0 Å². The second-order valence-corrected chi connectivity index (χ2v) is 4.68. The van der Waals surface area contributed by atoms with E-state index >= 15 is 0 Å². The number of aryl methyl sites for hydroxylation is 1. The molecule has 0 saturated heterocycles. The predicted octanol–water partition coefficient (Wildman–Crippen LogP) is 4.15. The lowest BCUT2D eigenvalue weighted by atomic mass is 9.97. The first kappa shape index (κ1) is 14.7. The van der Waals surface area contributed by atoms with Crippen LogP contribution in [0.25, 0.3) is 0 Å². The number of halogens is 2. The summed E-state index contributed by atoms with van der Waals surface area (Å²) in [7, 11) is 0. The minimum absolute atomic E-state index is 0. The molecule has 0 aliphatic carbocycles. The molecule has 0 heterocycles. The molecule has 1 aromatic rings. The van der Waals surface area contributed by atoms with Crippen molar-refractivity contribution in [3.63, 3.8) is 0 Å². The van der Waals surface area contributed by atoms with Crippen LogP contribution in [0.1, 0.15) is 30.5 Å². The van der Waals surface area contributed by atoms with Crippen molar-refractivity contribution in [2.75, 3.05) is 0 Å². The van der Waals surface area contributed by atoms with E-state index in [-0.39, 0.29) is 18.4 Å². The lowest BCUT2D eigenvalue weighted by Gasteiger charge is -2.15. The van der Waals surface area contributed by atoms with Gasteiger partial charge in [-0.3, -0.25) is 0 Å². The van der Waals surface area contributed by atoms with Crippen LogP contribution in [-0.4, -0.2) is 0 Å². The highest BCUT2D eigenvalue weighted by Crippen LogP contribution is 2.24. The Morgan fingerprint density at radius 3 is 2.67 bits per heavy atom. The van der Waals surface area contributed by atoms with Gasteiger partial charge in [-0.25, -0.2) is 0 Å². The lowest BCUT2D eigenvalue weighted by molar-refractivity contribution is 0.711. The zero-order valence-corrected chi connectivity index (χ0v) is 11.5. The molecule has 84 valence electrons. The highest BCUT2D eigenvalue weighted by Gasteiger charge is 2.09. The average molecular weight is 291 g/mol. The van der Waals surface area contributed by atoms with Gasteiger partial charge in [0.15, 0.2) is 0 Å². The van der Waals surface area contributed by atoms with Gasteiger partial charge in [0.25, 0.3) is 0 Å². The Balaban J connectivity index is 0.00000196. The van der Waals surface area contributed by atoms with Gasteiger partial charge >= 0.3 is 0 Å². The molecule has 0 aliphatic heterocycles. The van der Waals surface area contributed by atoms with E-state index in [4.69, 9.17) is 5.73 Å². The molecule has 0 radical (unpaired) electrons. The normalized spacial score (nSPS) is 11.7. The van der Waals surface area contributed by atoms with Crippen LogP contribution in [0.4, 0.5) is 0 Å². The minimum Gasteiger partial charge on any atom is -0.324 e. The number of hydrogen-bond donors (Lipinski definition) is 1. The fourth-order valence-corrected chi connectivity index (χ4v) is 1.87. The molecule has 1 atom stereocenters. The number of benzene rings is 1. The average Bonchev–Trinajstić information content (AvgIpc) is 2.08. The molecule has 0 fully saturated rings. The summed E-state index contributed by atoms with van der Waals surface area (Å²) in [6.07, 6.45) is 0.845. The third-order valence-corrected chi connectivity index (χ3v) is 2.70. The molecule has 0 spiro atoms. The van der Waals surface area contributed by atoms with E-state index in [0.717, 1.165) is 16.5 Å². The van der Waals surface area contributed by atoms with Gasteiger partial charge in [-0.05, 0) is 43.5 Å². The molecule has 0 aliphatic rings. The fourth-order valence-electron chi connectivity index (χ4n) is 1.50. The summed E-state index contributed by atoms with van der Waals surface area (Å²) >= 11 is 3.45. The summed E-state index contributed by atoms with van der Waals surface area (Å²) in [5.41, 5.74) is 9.64. The summed E-state index contributed by atoms with van der Waals surface area (Å²) < 4.78 is 1.08. The number of rotatable bonds is 3. The van der Waals surface area contributed by atoms with Crippen molar-refractivity contribution >= 4 is 28.3 Å². The van der Waals surface area contributed by atoms with Gasteiger partial charge in [-0.1, -0.05) is 27.6 Å². The maximum Gasteiger partial charge on any atom is 0.0335 e. The first-order valence-electron chi connectivity index (χ1n) is 4.66. The molecule has 0 aromatic heterocycles. The quantitative estimate of drug-likeness (QED) is 0.832. The monoisotopic (exact) mass is 289 g/mol. The van der Waals surface area contributed by atoms with Crippen molar-refractivity contribution in [1.82, 2.24) is 0 Å². The molecule has 1 aromatic carbocycles. The van der Waals surface area contributed by atoms with Gasteiger partial charge in [0.1, 0.15) is 0 Å². The first-order chi connectivity index (χ1) is 6.50. The first-order valence-corrected chi connectivity index (χ1v) is 5.46. The van der Waals surface area contributed by atoms with Crippen LogP contribution in [0.2, 0.25) is 0 Å². The highest BCUT2D eigenvalue weighted by molar-refractivity contribution is 9.10. The Morgan fingerprint density at radius 2 is 2.13 bits per heavy atom. The molecule has 1 rings (SSSR count). The second kappa shape index (κ2) is 6.31. The molecule has 0 saturated carbocycles. The SMILES string of the molecule is C=C(C)C[C@H](N)c1cc(Br)ccc1C.Cl. The van der Waals surface area contributed by atoms with Crippen LogP contribution >= 0.6 is 28.3 Å². The Hall–Kier alpha value is -0.310. The van der Waals surface area contributed by atoms with Crippen LogP contribution < -0.4 is 5.73 Å². The minimum atomic E-state index is 0. The largest absolute Gasteiger partial charge is 0.324 e. The van der Waals surface area contributed by atoms with E-state index in [0.29, 0.717) is 0 Å². The smallest absolute Gasteiger partial charge is 0.0335 e. The van der Waals surface area contributed by atoms with Gasteiger partial charge < -0.3 is 5.73 Å². The number of hydrogen-bond acceptors (Lipinski definition) is 1. The van der Waals surface area contributed by atoms with Crippen molar-refractivity contribution in [1.29, 1.82) is 0 Å². The Kier molecular flexibility index (Phi) is 6.18. The summed E-state index contributed by atoms with van der Waals surface area (Å²) in [5.74, 6) is 0. The summed E-state index contributed by atoms with van der Waals surface area (Å²) in [6, 6.07) is 6.26. The maximum atomic E-state index is 6.08. The van der Waals surface area contributed by atoms with E-state index in [1.54, 1.807) is 0 Å². The van der Waals surface area contributed by atoms with Gasteiger partial charge in [0.05, 0.1) is 0 Å². The third kappa shape index (κ3) is 4.37. The molecule has 0 unspecified atom stereocenters. The Morgan fingerprint density at radius 1 is 1.53 bits per heavy atom. The Labute approximate surface area is 106 Å². The molecular weight excluding hydrogens is 273 g/mol. The van der Waals surface area contributed by atoms with Crippen LogP contribution in [0.5, 0.6) is 0 Å². The predicted molar refractivity (Wildman–Crippen MR) is 72.5 cm³/mol. The molecule has 2 N–H and O–H groups in total. The molecule has 0 amide bonds. The van der Waals surface area contributed by atoms with E-state index in [2.05, 4.69) is 41.6 Å². The van der Waals surface area contributed by atoms with Crippen LogP contribution in [0.15, 0.2) is 34.8 Å². The van der Waals surface area contributed by atoms with Crippen molar-refractivity contribution in [3.8, 4) is 0 Å². The zero-order valence-electron chi connectivity index (χ0n) is 9.09. The standard InChI is InChI=1S/C12H16BrN.ClH/c1-8(2)6-12(14)11-7-10(13)5-4-9(11)3;/h4-5,7,12H,1,6,14H2,2-3H3;1H/t12-;/m0./s1. The molecule has 3 heteroatoms. The zero-order chi connectivity index (χ0) is 10.7. The van der Waals surface area contributed by atoms with Crippen molar-refractivity contribution in [3.05, 3.63) is 46.0 Å². The highest BCUT2D eigenvalue weighted by atomic mass is 79.9. The van der Waals surface area contributed by atoms with Crippen molar-refractivity contribution < 1.29 is 0 Å². The molecular formula is C12H17BrClN. The van der Waals surface area contributed by atoms with E-state index < -0.39 is 0 Å². The summed E-state index contributed by atoms with van der Waals surface area (Å²) in [5, 5.41) is 0. The van der Waals surface area contributed by atoms with E-state index in [1.165, 1.54) is 11.1 Å². The van der Waals surface area contributed by atoms with Crippen LogP contribution in [0, 0.1) is 6.92 Å². The van der Waals surface area contributed by atoms with Gasteiger partial charge in [-0.2, -0.15) is 0 Å². The number of nitrogens with two attached hydrogens (primary N) is 1.